The fraction of sp³-hybridized carbons (Fsp3) is 0.545. The Morgan fingerprint density at radius 3 is 2.24 bits per heavy atom. The summed E-state index contributed by atoms with van der Waals surface area (Å²) in [6.45, 7) is 5.00. The number of carboxylic acid groups (broad SMARTS) is 1. The molecule has 2 N–H and O–H groups in total. The minimum atomic E-state index is -1.08. The van der Waals surface area contributed by atoms with Gasteiger partial charge < -0.3 is 15.2 Å². The van der Waals surface area contributed by atoms with Gasteiger partial charge in [-0.2, -0.15) is 0 Å². The third-order valence-corrected chi connectivity index (χ3v) is 2.00. The van der Waals surface area contributed by atoms with Crippen LogP contribution in [0.3, 0.4) is 0 Å². The number of ether oxygens (including phenoxy) is 1. The van der Waals surface area contributed by atoms with Crippen LogP contribution >= 0.6 is 0 Å². The Morgan fingerprint density at radius 1 is 1.24 bits per heavy atom. The molecule has 0 aliphatic rings. The molecular formula is C11H17NO5. The highest BCUT2D eigenvalue weighted by Gasteiger charge is 2.14. The molecule has 0 saturated carbocycles. The van der Waals surface area contributed by atoms with Crippen molar-refractivity contribution in [1.29, 1.82) is 0 Å². The highest BCUT2D eigenvalue weighted by molar-refractivity contribution is 5.96. The van der Waals surface area contributed by atoms with Crippen molar-refractivity contribution in [3.63, 3.8) is 0 Å². The molecule has 0 radical (unpaired) electrons. The van der Waals surface area contributed by atoms with Gasteiger partial charge in [0.05, 0.1) is 12.2 Å². The summed E-state index contributed by atoms with van der Waals surface area (Å²) in [6.07, 6.45) is -0.122. The van der Waals surface area contributed by atoms with E-state index in [1.807, 2.05) is 0 Å². The van der Waals surface area contributed by atoms with Crippen molar-refractivity contribution in [3.05, 3.63) is 11.3 Å². The van der Waals surface area contributed by atoms with Crippen LogP contribution < -0.4 is 5.32 Å². The molecule has 0 saturated heterocycles. The fourth-order valence-electron chi connectivity index (χ4n) is 1.25. The van der Waals surface area contributed by atoms with Gasteiger partial charge in [-0.3, -0.25) is 9.59 Å². The van der Waals surface area contributed by atoms with E-state index in [9.17, 15) is 14.4 Å². The Kier molecular flexibility index (Phi) is 6.62. The monoisotopic (exact) mass is 243 g/mol. The summed E-state index contributed by atoms with van der Waals surface area (Å²) >= 11 is 0. The molecule has 0 aromatic heterocycles. The summed E-state index contributed by atoms with van der Waals surface area (Å²) in [6, 6.07) is 0. The van der Waals surface area contributed by atoms with Crippen LogP contribution in [0.5, 0.6) is 0 Å². The van der Waals surface area contributed by atoms with Crippen molar-refractivity contribution in [2.45, 2.75) is 33.6 Å². The van der Waals surface area contributed by atoms with Crippen LogP contribution in [-0.4, -0.2) is 29.6 Å². The van der Waals surface area contributed by atoms with E-state index in [-0.39, 0.29) is 17.9 Å². The van der Waals surface area contributed by atoms with Crippen molar-refractivity contribution in [3.8, 4) is 0 Å². The van der Waals surface area contributed by atoms with E-state index in [1.54, 1.807) is 13.8 Å². The lowest BCUT2D eigenvalue weighted by Crippen LogP contribution is -2.26. The lowest BCUT2D eigenvalue weighted by molar-refractivity contribution is -0.145. The third-order valence-electron chi connectivity index (χ3n) is 2.00. The van der Waals surface area contributed by atoms with Crippen LogP contribution in [0.4, 0.5) is 0 Å². The lowest BCUT2D eigenvalue weighted by Gasteiger charge is -2.08. The van der Waals surface area contributed by atoms with E-state index >= 15 is 0 Å². The molecule has 0 aromatic rings. The molecule has 0 atom stereocenters. The Morgan fingerprint density at radius 2 is 1.82 bits per heavy atom. The summed E-state index contributed by atoms with van der Waals surface area (Å²) < 4.78 is 4.60. The molecule has 17 heavy (non-hydrogen) atoms. The van der Waals surface area contributed by atoms with Gasteiger partial charge in [-0.15, -0.1) is 0 Å². The Labute approximate surface area is 99.6 Å². The molecule has 1 amide bonds. The molecule has 0 aliphatic carbocycles. The minimum Gasteiger partial charge on any atom is -0.478 e. The van der Waals surface area contributed by atoms with Crippen LogP contribution in [0.2, 0.25) is 0 Å². The molecule has 0 aromatic carbocycles. The number of carbonyl (C=O) groups excluding carboxylic acids is 2. The number of nitrogens with one attached hydrogen (secondary N) is 1. The Balaban J connectivity index is 4.47. The Hall–Kier alpha value is -1.85. The fourth-order valence-corrected chi connectivity index (χ4v) is 1.25. The van der Waals surface area contributed by atoms with Gasteiger partial charge in [0.2, 0.25) is 5.91 Å². The first-order chi connectivity index (χ1) is 7.92. The molecule has 0 unspecified atom stereocenters. The highest BCUT2D eigenvalue weighted by Crippen LogP contribution is 2.06. The predicted octanol–water partition coefficient (Wildman–Crippen LogP) is 0.824. The maximum Gasteiger partial charge on any atom is 0.333 e. The van der Waals surface area contributed by atoms with E-state index in [2.05, 4.69) is 10.1 Å². The van der Waals surface area contributed by atoms with Gasteiger partial charge in [-0.25, -0.2) is 4.79 Å². The van der Waals surface area contributed by atoms with Crippen LogP contribution in [-0.2, 0) is 19.1 Å². The normalized spacial score (nSPS) is 11.5. The van der Waals surface area contributed by atoms with Gasteiger partial charge in [0, 0.05) is 5.70 Å². The molecule has 96 valence electrons. The minimum absolute atomic E-state index is 0.113. The number of allylic oxidation sites excluding steroid dienone is 1. The zero-order valence-corrected chi connectivity index (χ0v) is 10.2. The molecule has 0 aliphatic heterocycles. The first-order valence-electron chi connectivity index (χ1n) is 5.30. The number of carboxylic acids is 1. The van der Waals surface area contributed by atoms with Crippen molar-refractivity contribution < 1.29 is 24.2 Å². The van der Waals surface area contributed by atoms with Gasteiger partial charge in [-0.05, 0) is 20.3 Å². The summed E-state index contributed by atoms with van der Waals surface area (Å²) in [5.74, 6) is -2.29. The molecule has 0 heterocycles. The van der Waals surface area contributed by atoms with Crippen LogP contribution in [0.1, 0.15) is 33.6 Å². The Bertz CT molecular complexity index is 346. The zero-order valence-electron chi connectivity index (χ0n) is 10.2. The molecule has 0 rings (SSSR count). The number of aliphatic carboxylic acids is 1. The summed E-state index contributed by atoms with van der Waals surface area (Å²) in [4.78, 5) is 33.1. The molecule has 0 spiro atoms. The molecule has 0 fully saturated rings. The SMILES string of the molecule is CCOC(=O)CC(=O)NC(C)=C(CC)C(=O)O. The first-order valence-corrected chi connectivity index (χ1v) is 5.30. The van der Waals surface area contributed by atoms with Gasteiger partial charge in [0.1, 0.15) is 6.42 Å². The van der Waals surface area contributed by atoms with Crippen molar-refractivity contribution in [1.82, 2.24) is 5.32 Å². The third kappa shape index (κ3) is 5.70. The predicted molar refractivity (Wildman–Crippen MR) is 60.0 cm³/mol. The smallest absolute Gasteiger partial charge is 0.333 e. The molecule has 6 nitrogen and oxygen atoms in total. The van der Waals surface area contributed by atoms with Crippen LogP contribution in [0.25, 0.3) is 0 Å². The van der Waals surface area contributed by atoms with Crippen LogP contribution in [0, 0.1) is 0 Å². The second kappa shape index (κ2) is 7.43. The van der Waals surface area contributed by atoms with E-state index in [0.717, 1.165) is 0 Å². The van der Waals surface area contributed by atoms with Crippen molar-refractivity contribution in [2.75, 3.05) is 6.61 Å². The van der Waals surface area contributed by atoms with Gasteiger partial charge in [0.25, 0.3) is 0 Å². The van der Waals surface area contributed by atoms with E-state index in [1.165, 1.54) is 6.92 Å². The zero-order chi connectivity index (χ0) is 13.4. The van der Waals surface area contributed by atoms with E-state index in [0.29, 0.717) is 6.42 Å². The number of hydrogen-bond donors (Lipinski definition) is 2. The number of hydrogen-bond acceptors (Lipinski definition) is 4. The number of rotatable bonds is 6. The average Bonchev–Trinajstić information content (AvgIpc) is 2.17. The van der Waals surface area contributed by atoms with E-state index < -0.39 is 24.3 Å². The van der Waals surface area contributed by atoms with Crippen molar-refractivity contribution >= 4 is 17.8 Å². The number of esters is 1. The molecular weight excluding hydrogens is 226 g/mol. The van der Waals surface area contributed by atoms with Crippen LogP contribution in [0.15, 0.2) is 11.3 Å². The summed E-state index contributed by atoms with van der Waals surface area (Å²) in [5.41, 5.74) is 0.358. The number of carbonyl (C=O) groups is 3. The molecule has 6 heteroatoms. The molecule has 0 bridgehead atoms. The summed E-state index contributed by atoms with van der Waals surface area (Å²) in [7, 11) is 0. The quantitative estimate of drug-likeness (QED) is 0.409. The standard InChI is InChI=1S/C11H17NO5/c1-4-8(11(15)16)7(3)12-9(13)6-10(14)17-5-2/h4-6H2,1-3H3,(H,12,13)(H,15,16). The van der Waals surface area contributed by atoms with E-state index in [4.69, 9.17) is 5.11 Å². The lowest BCUT2D eigenvalue weighted by atomic mass is 10.1. The summed E-state index contributed by atoms with van der Waals surface area (Å²) in [5, 5.41) is 11.2. The van der Waals surface area contributed by atoms with Gasteiger partial charge in [0.15, 0.2) is 0 Å². The second-order valence-corrected chi connectivity index (χ2v) is 3.29. The topological polar surface area (TPSA) is 92.7 Å². The average molecular weight is 243 g/mol. The largest absolute Gasteiger partial charge is 0.478 e. The van der Waals surface area contributed by atoms with Gasteiger partial charge in [-0.1, -0.05) is 6.92 Å². The number of amides is 1. The second-order valence-electron chi connectivity index (χ2n) is 3.29. The first kappa shape index (κ1) is 15.2. The highest BCUT2D eigenvalue weighted by atomic mass is 16.5. The van der Waals surface area contributed by atoms with Crippen molar-refractivity contribution in [2.24, 2.45) is 0 Å². The van der Waals surface area contributed by atoms with Gasteiger partial charge >= 0.3 is 11.9 Å². The maximum atomic E-state index is 11.3. The maximum absolute atomic E-state index is 11.3.